The number of hydrogen-bond donors (Lipinski definition) is 1. The zero-order valence-corrected chi connectivity index (χ0v) is 22.3. The minimum Gasteiger partial charge on any atom is -0.463 e. The van der Waals surface area contributed by atoms with Crippen LogP contribution < -0.4 is 10.5 Å². The number of rotatable bonds is 8. The first-order valence-electron chi connectivity index (χ1n) is 14.8. The third kappa shape index (κ3) is 7.08. The molecule has 4 rings (SSSR count). The highest BCUT2D eigenvalue weighted by Crippen LogP contribution is 2.35. The summed E-state index contributed by atoms with van der Waals surface area (Å²) in [6.07, 6.45) is -6.23. The molecule has 12 nitrogen and oxygen atoms in total. The minimum absolute atomic E-state index is 0.0205. The number of hydrogen-bond acceptors (Lipinski definition) is 11. The third-order valence-corrected chi connectivity index (χ3v) is 6.25. The zero-order chi connectivity index (χ0) is 32.7. The highest BCUT2D eigenvalue weighted by atomic mass is 35.5. The molecule has 13 heteroatoms. The van der Waals surface area contributed by atoms with Gasteiger partial charge >= 0.3 is 23.9 Å². The molecule has 0 amide bonds. The summed E-state index contributed by atoms with van der Waals surface area (Å²) in [4.78, 5) is 48.6. The Labute approximate surface area is 245 Å². The van der Waals surface area contributed by atoms with Crippen LogP contribution in [0.3, 0.4) is 0 Å². The van der Waals surface area contributed by atoms with Gasteiger partial charge in [-0.25, -0.2) is 0 Å². The van der Waals surface area contributed by atoms with Crippen LogP contribution in [-0.4, -0.2) is 65.8 Å². The standard InChI is InChI=1S/C28H29ClN2O10/c1-14(32)36-13-24-25(37-15(2)33)26(38-16(3)34)27(39-17(4)35)28(41-24)40-23-8-6-20(12-21(23)29)31-10-9-18-11-19(30)5-7-22(18)31/h5-12,24-28H,13,30H2,1-4H3/t24-,25-,26+,27+,28?/m1/s1/i1D,2D,3D,4D. The van der Waals surface area contributed by atoms with E-state index in [9.17, 15) is 19.2 Å². The number of ether oxygens (including phenoxy) is 6. The highest BCUT2D eigenvalue weighted by molar-refractivity contribution is 6.32. The highest BCUT2D eigenvalue weighted by Gasteiger charge is 2.53. The quantitative estimate of drug-likeness (QED) is 0.233. The fourth-order valence-corrected chi connectivity index (χ4v) is 4.61. The number of carbonyl (C=O) groups is 4. The number of fused-ring (bicyclic) bond motifs is 1. The molecule has 1 aromatic heterocycles. The predicted molar refractivity (Wildman–Crippen MR) is 145 cm³/mol. The number of esters is 4. The van der Waals surface area contributed by atoms with Crippen LogP contribution in [0.15, 0.2) is 48.7 Å². The monoisotopic (exact) mass is 592 g/mol. The third-order valence-electron chi connectivity index (χ3n) is 5.95. The number of carbonyl (C=O) groups excluding carboxylic acids is 4. The Hall–Kier alpha value is -4.29. The lowest BCUT2D eigenvalue weighted by atomic mass is 9.98. The van der Waals surface area contributed by atoms with Crippen LogP contribution in [0, 0.1) is 0 Å². The second-order valence-corrected chi connectivity index (χ2v) is 9.23. The molecule has 0 spiro atoms. The number of halogens is 1. The first kappa shape index (κ1) is 24.5. The van der Waals surface area contributed by atoms with Gasteiger partial charge in [0.15, 0.2) is 12.2 Å². The van der Waals surface area contributed by atoms with Gasteiger partial charge < -0.3 is 38.7 Å². The number of nitrogen functional groups attached to an aromatic ring is 1. The van der Waals surface area contributed by atoms with Crippen molar-refractivity contribution < 1.29 is 53.1 Å². The molecule has 0 aliphatic carbocycles. The fraction of sp³-hybridized carbons (Fsp3) is 0.357. The maximum atomic E-state index is 12.3. The summed E-state index contributed by atoms with van der Waals surface area (Å²) < 4.78 is 64.1. The Morgan fingerprint density at radius 1 is 0.902 bits per heavy atom. The molecule has 1 saturated heterocycles. The molecule has 1 unspecified atom stereocenters. The second-order valence-electron chi connectivity index (χ2n) is 8.83. The molecule has 1 fully saturated rings. The molecule has 2 aromatic carbocycles. The van der Waals surface area contributed by atoms with E-state index in [-0.39, 0.29) is 10.8 Å². The van der Waals surface area contributed by atoms with Crippen molar-refractivity contribution in [1.82, 2.24) is 4.57 Å². The Morgan fingerprint density at radius 3 is 2.27 bits per heavy atom. The van der Waals surface area contributed by atoms with Gasteiger partial charge in [-0.1, -0.05) is 11.6 Å². The van der Waals surface area contributed by atoms with E-state index in [1.54, 1.807) is 18.2 Å². The Bertz CT molecular complexity index is 1560. The number of nitrogens with two attached hydrogens (primary N) is 1. The van der Waals surface area contributed by atoms with Crippen LogP contribution in [-0.2, 0) is 42.9 Å². The van der Waals surface area contributed by atoms with E-state index in [4.69, 9.17) is 51.2 Å². The lowest BCUT2D eigenvalue weighted by molar-refractivity contribution is -0.288. The van der Waals surface area contributed by atoms with Crippen LogP contribution in [0.25, 0.3) is 16.6 Å². The first-order chi connectivity index (χ1) is 21.6. The van der Waals surface area contributed by atoms with Gasteiger partial charge in [0, 0.05) is 56.0 Å². The number of benzene rings is 2. The van der Waals surface area contributed by atoms with Gasteiger partial charge in [0.25, 0.3) is 0 Å². The second kappa shape index (κ2) is 12.5. The summed E-state index contributed by atoms with van der Waals surface area (Å²) >= 11 is 6.60. The zero-order valence-electron chi connectivity index (χ0n) is 25.5. The Morgan fingerprint density at radius 2 is 1.59 bits per heavy atom. The minimum atomic E-state index is -1.69. The van der Waals surface area contributed by atoms with Crippen molar-refractivity contribution in [3.05, 3.63) is 53.7 Å². The SMILES string of the molecule is [2H]CC(=O)OC[C@H]1OC(Oc2ccc(-n3ccc4cc(N)ccc43)cc2Cl)[C@@H](OC(=O)C[2H])[C@@H](OC(=O)C[2H])[C@@H]1OC(=O)C[2H]. The van der Waals surface area contributed by atoms with E-state index in [2.05, 4.69) is 0 Å². The number of aromatic nitrogens is 1. The van der Waals surface area contributed by atoms with Crippen molar-refractivity contribution in [3.63, 3.8) is 0 Å². The van der Waals surface area contributed by atoms with E-state index < -0.39 is 88.8 Å². The van der Waals surface area contributed by atoms with Gasteiger partial charge in [-0.2, -0.15) is 0 Å². The lowest BCUT2D eigenvalue weighted by Crippen LogP contribution is -2.63. The largest absolute Gasteiger partial charge is 0.463 e. The summed E-state index contributed by atoms with van der Waals surface area (Å²) in [5.41, 5.74) is 7.99. The fourth-order valence-electron chi connectivity index (χ4n) is 4.39. The smallest absolute Gasteiger partial charge is 0.303 e. The number of nitrogens with zero attached hydrogens (tertiary/aromatic N) is 1. The lowest BCUT2D eigenvalue weighted by Gasteiger charge is -2.44. The van der Waals surface area contributed by atoms with Gasteiger partial charge in [0.05, 0.1) is 10.5 Å². The normalized spacial score (nSPS) is 23.3. The molecule has 0 bridgehead atoms. The molecular formula is C28H29ClN2O10. The number of anilines is 1. The van der Waals surface area contributed by atoms with Crippen molar-refractivity contribution in [2.45, 2.75) is 58.3 Å². The van der Waals surface area contributed by atoms with Gasteiger partial charge in [0.1, 0.15) is 18.5 Å². The van der Waals surface area contributed by atoms with E-state index in [0.29, 0.717) is 11.4 Å². The van der Waals surface area contributed by atoms with Crippen molar-refractivity contribution >= 4 is 52.1 Å². The molecule has 3 aromatic rings. The topological polar surface area (TPSA) is 155 Å². The van der Waals surface area contributed by atoms with Crippen LogP contribution in [0.5, 0.6) is 5.75 Å². The summed E-state index contributed by atoms with van der Waals surface area (Å²) in [5.74, 6) is -4.22. The maximum absolute atomic E-state index is 12.3. The van der Waals surface area contributed by atoms with Crippen molar-refractivity contribution in [2.75, 3.05) is 12.3 Å². The summed E-state index contributed by atoms with van der Waals surface area (Å²) in [7, 11) is 0. The van der Waals surface area contributed by atoms with Gasteiger partial charge in [0.2, 0.25) is 12.4 Å². The van der Waals surface area contributed by atoms with E-state index in [1.165, 1.54) is 6.07 Å². The molecule has 5 atom stereocenters. The molecule has 0 radical (unpaired) electrons. The van der Waals surface area contributed by atoms with Crippen molar-refractivity contribution in [3.8, 4) is 11.4 Å². The predicted octanol–water partition coefficient (Wildman–Crippen LogP) is 3.33. The molecule has 1 aliphatic heterocycles. The molecule has 218 valence electrons. The van der Waals surface area contributed by atoms with E-state index in [0.717, 1.165) is 10.9 Å². The average molecular weight is 593 g/mol. The van der Waals surface area contributed by atoms with E-state index in [1.807, 2.05) is 29.0 Å². The molecule has 1 aliphatic rings. The summed E-state index contributed by atoms with van der Waals surface area (Å²) in [5, 5.41) is 0.978. The summed E-state index contributed by atoms with van der Waals surface area (Å²) in [6, 6.07) is 12.1. The van der Waals surface area contributed by atoms with Crippen LogP contribution in [0.2, 0.25) is 5.02 Å². The molecule has 0 saturated carbocycles. The van der Waals surface area contributed by atoms with Crippen LogP contribution >= 0.6 is 11.6 Å². The van der Waals surface area contributed by atoms with Crippen LogP contribution in [0.4, 0.5) is 5.69 Å². The molecule has 41 heavy (non-hydrogen) atoms. The van der Waals surface area contributed by atoms with Gasteiger partial charge in [-0.3, -0.25) is 19.2 Å². The first-order valence-corrected chi connectivity index (χ1v) is 12.4. The summed E-state index contributed by atoms with van der Waals surface area (Å²) in [6.45, 7) is -3.93. The molecular weight excluding hydrogens is 560 g/mol. The maximum Gasteiger partial charge on any atom is 0.303 e. The molecule has 2 heterocycles. The van der Waals surface area contributed by atoms with E-state index >= 15 is 0 Å². The Balaban J connectivity index is 1.71. The van der Waals surface area contributed by atoms with Crippen LogP contribution in [0.1, 0.15) is 33.1 Å². The average Bonchev–Trinajstić information content (AvgIpc) is 3.45. The van der Waals surface area contributed by atoms with Crippen molar-refractivity contribution in [1.29, 1.82) is 0 Å². The van der Waals surface area contributed by atoms with Gasteiger partial charge in [-0.15, -0.1) is 0 Å². The molecule has 2 N–H and O–H groups in total. The van der Waals surface area contributed by atoms with Crippen molar-refractivity contribution in [2.24, 2.45) is 0 Å². The Kier molecular flexibility index (Phi) is 7.46. The van der Waals surface area contributed by atoms with Gasteiger partial charge in [-0.05, 0) is 42.5 Å².